The predicted octanol–water partition coefficient (Wildman–Crippen LogP) is 3.92. The van der Waals surface area contributed by atoms with E-state index in [1.807, 2.05) is 22.9 Å². The number of hydrogen-bond donors (Lipinski definition) is 0. The van der Waals surface area contributed by atoms with E-state index in [4.69, 9.17) is 5.26 Å². The summed E-state index contributed by atoms with van der Waals surface area (Å²) in [4.78, 5) is 19.1. The number of nitrogens with zero attached hydrogens (tertiary/aromatic N) is 3. The molecule has 0 N–H and O–H groups in total. The number of amides is 1. The Morgan fingerprint density at radius 2 is 2.27 bits per heavy atom. The molecule has 0 aliphatic rings. The minimum absolute atomic E-state index is 0.120. The summed E-state index contributed by atoms with van der Waals surface area (Å²) in [7, 11) is 0. The summed E-state index contributed by atoms with van der Waals surface area (Å²) in [6.45, 7) is 0.480. The molecule has 3 rings (SSSR count). The third kappa shape index (κ3) is 3.06. The van der Waals surface area contributed by atoms with Gasteiger partial charge in [-0.05, 0) is 40.6 Å². The third-order valence-electron chi connectivity index (χ3n) is 3.06. The van der Waals surface area contributed by atoms with Gasteiger partial charge in [-0.2, -0.15) is 16.6 Å². The summed E-state index contributed by atoms with van der Waals surface area (Å²) in [6.07, 6.45) is 3.35. The fraction of sp³-hybridized carbons (Fsp3) is 0.0625. The molecule has 0 atom stereocenters. The Kier molecular flexibility index (Phi) is 4.28. The summed E-state index contributed by atoms with van der Waals surface area (Å²) in [6, 6.07) is 9.34. The molecule has 3 aromatic heterocycles. The second kappa shape index (κ2) is 6.52. The van der Waals surface area contributed by atoms with Gasteiger partial charge in [-0.1, -0.05) is 0 Å². The smallest absolute Gasteiger partial charge is 0.268 e. The van der Waals surface area contributed by atoms with E-state index in [0.29, 0.717) is 17.0 Å². The van der Waals surface area contributed by atoms with Crippen LogP contribution in [0.4, 0.5) is 5.69 Å². The normalized spacial score (nSPS) is 10.1. The number of carbonyl (C=O) groups excluding carboxylic acids is 1. The van der Waals surface area contributed by atoms with Crippen LogP contribution in [0.25, 0.3) is 0 Å². The van der Waals surface area contributed by atoms with Gasteiger partial charge in [0.25, 0.3) is 5.91 Å². The second-order valence-electron chi connectivity index (χ2n) is 4.55. The first-order valence-electron chi connectivity index (χ1n) is 6.49. The quantitative estimate of drug-likeness (QED) is 0.730. The molecular weight excluding hydrogens is 314 g/mol. The van der Waals surface area contributed by atoms with Crippen molar-refractivity contribution in [3.05, 3.63) is 68.8 Å². The topological polar surface area (TPSA) is 57.0 Å². The maximum Gasteiger partial charge on any atom is 0.268 e. The fourth-order valence-electron chi connectivity index (χ4n) is 2.00. The number of anilines is 1. The van der Waals surface area contributed by atoms with Crippen LogP contribution in [0.15, 0.2) is 52.8 Å². The van der Waals surface area contributed by atoms with E-state index in [0.717, 1.165) is 11.3 Å². The molecule has 1 amide bonds. The van der Waals surface area contributed by atoms with Crippen molar-refractivity contribution in [3.8, 4) is 6.07 Å². The molecule has 22 heavy (non-hydrogen) atoms. The number of carbonyl (C=O) groups is 1. The van der Waals surface area contributed by atoms with Crippen molar-refractivity contribution in [2.45, 2.75) is 6.54 Å². The van der Waals surface area contributed by atoms with Gasteiger partial charge >= 0.3 is 0 Å². The van der Waals surface area contributed by atoms with Crippen LogP contribution in [0.5, 0.6) is 0 Å². The average molecular weight is 325 g/mol. The zero-order valence-corrected chi connectivity index (χ0v) is 13.1. The van der Waals surface area contributed by atoms with E-state index in [9.17, 15) is 4.79 Å². The summed E-state index contributed by atoms with van der Waals surface area (Å²) in [5.74, 6) is -0.120. The molecule has 3 aromatic rings. The highest BCUT2D eigenvalue weighted by Gasteiger charge is 2.20. The van der Waals surface area contributed by atoms with Crippen LogP contribution in [-0.2, 0) is 6.54 Å². The molecule has 0 saturated carbocycles. The standard InChI is InChI=1S/C16H11N3OS2/c17-7-13-6-15(22-11-13)16(20)19(9-12-3-5-21-10-12)14-2-1-4-18-8-14/h1-6,8,10-11H,9H2. The van der Waals surface area contributed by atoms with Crippen molar-refractivity contribution in [2.24, 2.45) is 0 Å². The van der Waals surface area contributed by atoms with Gasteiger partial charge in [0.2, 0.25) is 0 Å². The van der Waals surface area contributed by atoms with Crippen LogP contribution in [0.2, 0.25) is 0 Å². The van der Waals surface area contributed by atoms with E-state index in [2.05, 4.69) is 11.1 Å². The minimum Gasteiger partial charge on any atom is -0.302 e. The number of aromatic nitrogens is 1. The van der Waals surface area contributed by atoms with Crippen molar-refractivity contribution < 1.29 is 4.79 Å². The van der Waals surface area contributed by atoms with Crippen LogP contribution < -0.4 is 4.90 Å². The molecule has 4 nitrogen and oxygen atoms in total. The molecule has 3 heterocycles. The van der Waals surface area contributed by atoms with E-state index >= 15 is 0 Å². The number of thiophene rings is 2. The van der Waals surface area contributed by atoms with Crippen LogP contribution in [0.1, 0.15) is 20.8 Å². The molecular formula is C16H11N3OS2. The summed E-state index contributed by atoms with van der Waals surface area (Å²) in [5, 5.41) is 14.6. The molecule has 0 spiro atoms. The molecule has 0 unspecified atom stereocenters. The SMILES string of the molecule is N#Cc1csc(C(=O)N(Cc2ccsc2)c2cccnc2)c1. The van der Waals surface area contributed by atoms with Crippen LogP contribution in [0, 0.1) is 11.3 Å². The Balaban J connectivity index is 1.94. The zero-order chi connectivity index (χ0) is 15.4. The van der Waals surface area contributed by atoms with Crippen molar-refractivity contribution in [2.75, 3.05) is 4.90 Å². The van der Waals surface area contributed by atoms with E-state index in [1.54, 1.807) is 46.1 Å². The van der Waals surface area contributed by atoms with E-state index in [-0.39, 0.29) is 5.91 Å². The van der Waals surface area contributed by atoms with Crippen LogP contribution in [0.3, 0.4) is 0 Å². The lowest BCUT2D eigenvalue weighted by Gasteiger charge is -2.21. The monoisotopic (exact) mass is 325 g/mol. The van der Waals surface area contributed by atoms with E-state index < -0.39 is 0 Å². The minimum atomic E-state index is -0.120. The highest BCUT2D eigenvalue weighted by atomic mass is 32.1. The van der Waals surface area contributed by atoms with Crippen molar-refractivity contribution >= 4 is 34.3 Å². The number of rotatable bonds is 4. The van der Waals surface area contributed by atoms with Crippen molar-refractivity contribution in [1.29, 1.82) is 5.26 Å². The molecule has 0 aliphatic carbocycles. The summed E-state index contributed by atoms with van der Waals surface area (Å²) in [5.41, 5.74) is 2.32. The first-order valence-corrected chi connectivity index (χ1v) is 8.32. The van der Waals surface area contributed by atoms with Crippen molar-refractivity contribution in [3.63, 3.8) is 0 Å². The summed E-state index contributed by atoms with van der Waals surface area (Å²) < 4.78 is 0. The maximum absolute atomic E-state index is 12.8. The lowest BCUT2D eigenvalue weighted by molar-refractivity contribution is 0.0989. The number of nitriles is 1. The lowest BCUT2D eigenvalue weighted by atomic mass is 10.2. The number of hydrogen-bond acceptors (Lipinski definition) is 5. The Labute approximate surface area is 135 Å². The van der Waals surface area contributed by atoms with Gasteiger partial charge in [0, 0.05) is 11.6 Å². The predicted molar refractivity (Wildman–Crippen MR) is 88.1 cm³/mol. The van der Waals surface area contributed by atoms with Gasteiger partial charge in [-0.25, -0.2) is 0 Å². The van der Waals surface area contributed by atoms with Gasteiger partial charge < -0.3 is 4.90 Å². The lowest BCUT2D eigenvalue weighted by Crippen LogP contribution is -2.29. The Bertz CT molecular complexity index is 804. The molecule has 0 fully saturated rings. The third-order valence-corrected chi connectivity index (χ3v) is 4.71. The second-order valence-corrected chi connectivity index (χ2v) is 6.24. The zero-order valence-electron chi connectivity index (χ0n) is 11.5. The molecule has 0 aromatic carbocycles. The van der Waals surface area contributed by atoms with Gasteiger partial charge in [-0.3, -0.25) is 9.78 Å². The average Bonchev–Trinajstić information content (AvgIpc) is 3.24. The summed E-state index contributed by atoms with van der Waals surface area (Å²) >= 11 is 2.88. The van der Waals surface area contributed by atoms with Crippen LogP contribution >= 0.6 is 22.7 Å². The molecule has 0 aliphatic heterocycles. The van der Waals surface area contributed by atoms with Gasteiger partial charge in [0.1, 0.15) is 6.07 Å². The molecule has 6 heteroatoms. The molecule has 108 valence electrons. The molecule has 0 radical (unpaired) electrons. The van der Waals surface area contributed by atoms with Gasteiger partial charge in [0.05, 0.1) is 28.9 Å². The highest BCUT2D eigenvalue weighted by molar-refractivity contribution is 7.12. The number of pyridine rings is 1. The fourth-order valence-corrected chi connectivity index (χ4v) is 3.44. The first-order chi connectivity index (χ1) is 10.8. The van der Waals surface area contributed by atoms with Gasteiger partial charge in [-0.15, -0.1) is 11.3 Å². The first kappa shape index (κ1) is 14.4. The Morgan fingerprint density at radius 1 is 1.36 bits per heavy atom. The van der Waals surface area contributed by atoms with Crippen molar-refractivity contribution in [1.82, 2.24) is 4.98 Å². The van der Waals surface area contributed by atoms with E-state index in [1.165, 1.54) is 11.3 Å². The Hall–Kier alpha value is -2.49. The molecule has 0 bridgehead atoms. The highest BCUT2D eigenvalue weighted by Crippen LogP contribution is 2.23. The van der Waals surface area contributed by atoms with Gasteiger partial charge in [0.15, 0.2) is 0 Å². The molecule has 0 saturated heterocycles. The maximum atomic E-state index is 12.8. The largest absolute Gasteiger partial charge is 0.302 e. The van der Waals surface area contributed by atoms with Crippen LogP contribution in [-0.4, -0.2) is 10.9 Å². The Morgan fingerprint density at radius 3 is 2.91 bits per heavy atom.